The minimum atomic E-state index is -6.09. The highest BCUT2D eigenvalue weighted by molar-refractivity contribution is 7.87. The molecule has 1 aliphatic rings. The first-order valence-corrected chi connectivity index (χ1v) is 11.6. The molecule has 1 aliphatic heterocycles. The molecule has 1 aromatic carbocycles. The Morgan fingerprint density at radius 1 is 1.09 bits per heavy atom. The van der Waals surface area contributed by atoms with E-state index in [1.807, 2.05) is 4.90 Å². The number of aromatic nitrogens is 2. The van der Waals surface area contributed by atoms with Gasteiger partial charge in [-0.05, 0) is 12.1 Å². The smallest absolute Gasteiger partial charge is 0.485 e. The average Bonchev–Trinajstić information content (AvgIpc) is 3.14. The number of ether oxygens (including phenoxy) is 1. The number of methoxy groups -OCH3 is 1. The third-order valence-electron chi connectivity index (χ3n) is 4.34. The van der Waals surface area contributed by atoms with Crippen molar-refractivity contribution in [3.63, 3.8) is 0 Å². The van der Waals surface area contributed by atoms with Gasteiger partial charge in [0.2, 0.25) is 0 Å². The Kier molecular flexibility index (Phi) is 7.75. The highest BCUT2D eigenvalue weighted by Crippen LogP contribution is 2.30. The maximum atomic E-state index is 13.3. The molecule has 0 spiro atoms. The van der Waals surface area contributed by atoms with Crippen molar-refractivity contribution in [1.29, 1.82) is 0 Å². The molecular formula is C16H20F4N4O6S2. The Morgan fingerprint density at radius 3 is 2.09 bits per heavy atom. The van der Waals surface area contributed by atoms with E-state index < -0.39 is 25.8 Å². The van der Waals surface area contributed by atoms with E-state index in [1.165, 1.54) is 40.0 Å². The molecule has 1 saturated heterocycles. The summed E-state index contributed by atoms with van der Waals surface area (Å²) in [6, 6.07) is 4.36. The molecule has 2 aromatic rings. The van der Waals surface area contributed by atoms with Crippen molar-refractivity contribution >= 4 is 26.0 Å². The first-order chi connectivity index (χ1) is 14.7. The molecule has 0 saturated carbocycles. The maximum Gasteiger partial charge on any atom is 0.485 e. The lowest BCUT2D eigenvalue weighted by Crippen LogP contribution is -2.50. The highest BCUT2D eigenvalue weighted by Gasteiger charge is 2.37. The van der Waals surface area contributed by atoms with Crippen LogP contribution in [0.25, 0.3) is 0 Å². The molecule has 0 aliphatic carbocycles. The third-order valence-corrected chi connectivity index (χ3v) is 6.68. The molecule has 32 heavy (non-hydrogen) atoms. The van der Waals surface area contributed by atoms with Gasteiger partial charge in [-0.2, -0.15) is 25.9 Å². The fraction of sp³-hybridized carbons (Fsp3) is 0.438. The normalized spacial score (nSPS) is 15.8. The van der Waals surface area contributed by atoms with Gasteiger partial charge >= 0.3 is 15.7 Å². The van der Waals surface area contributed by atoms with Gasteiger partial charge in [0.05, 0.1) is 19.8 Å². The second-order valence-electron chi connectivity index (χ2n) is 6.52. The summed E-state index contributed by atoms with van der Waals surface area (Å²) >= 11 is 0. The van der Waals surface area contributed by atoms with Gasteiger partial charge in [-0.25, -0.2) is 17.4 Å². The Labute approximate surface area is 182 Å². The minimum absolute atomic E-state index is 0.352. The van der Waals surface area contributed by atoms with E-state index in [0.717, 1.165) is 5.69 Å². The summed E-state index contributed by atoms with van der Waals surface area (Å²) in [7, 11) is -6.39. The van der Waals surface area contributed by atoms with Gasteiger partial charge in [0.1, 0.15) is 24.0 Å². The first-order valence-electron chi connectivity index (χ1n) is 8.81. The number of rotatable bonds is 4. The lowest BCUT2D eigenvalue weighted by molar-refractivity contribution is -0.670. The molecule has 10 nitrogen and oxygen atoms in total. The van der Waals surface area contributed by atoms with E-state index in [4.69, 9.17) is 17.7 Å². The highest BCUT2D eigenvalue weighted by atomic mass is 32.2. The van der Waals surface area contributed by atoms with Crippen LogP contribution in [0.1, 0.15) is 0 Å². The Morgan fingerprint density at radius 2 is 1.66 bits per heavy atom. The predicted octanol–water partition coefficient (Wildman–Crippen LogP) is 0.427. The van der Waals surface area contributed by atoms with E-state index in [0.29, 0.717) is 31.9 Å². The van der Waals surface area contributed by atoms with Gasteiger partial charge in [0.25, 0.3) is 6.33 Å². The zero-order valence-electron chi connectivity index (χ0n) is 16.9. The van der Waals surface area contributed by atoms with Crippen molar-refractivity contribution in [2.45, 2.75) is 5.51 Å². The van der Waals surface area contributed by atoms with Crippen LogP contribution in [0.15, 0.2) is 36.9 Å². The van der Waals surface area contributed by atoms with Crippen LogP contribution in [0.3, 0.4) is 0 Å². The number of hydrogen-bond acceptors (Lipinski definition) is 7. The topological polar surface area (TPSA) is 116 Å². The summed E-state index contributed by atoms with van der Waals surface area (Å²) in [5.74, 6) is 0.0843. The van der Waals surface area contributed by atoms with Crippen LogP contribution in [0.5, 0.6) is 5.75 Å². The number of nitrogens with zero attached hydrogens (tertiary/aromatic N) is 4. The molecule has 1 fully saturated rings. The summed E-state index contributed by atoms with van der Waals surface area (Å²) in [6.45, 7) is 1.72. The number of aryl methyl sites for hydroxylation is 1. The van der Waals surface area contributed by atoms with Crippen LogP contribution >= 0.6 is 0 Å². The Bertz CT molecular complexity index is 1140. The molecule has 180 valence electrons. The van der Waals surface area contributed by atoms with Crippen LogP contribution in [0, 0.1) is 5.82 Å². The van der Waals surface area contributed by atoms with E-state index in [-0.39, 0.29) is 5.82 Å². The van der Waals surface area contributed by atoms with Crippen molar-refractivity contribution in [1.82, 2.24) is 8.28 Å². The number of benzene rings is 1. The monoisotopic (exact) mass is 504 g/mol. The van der Waals surface area contributed by atoms with Crippen LogP contribution in [-0.4, -0.2) is 68.5 Å². The number of hydrogen-bond donors (Lipinski definition) is 0. The van der Waals surface area contributed by atoms with E-state index in [2.05, 4.69) is 0 Å². The van der Waals surface area contributed by atoms with Crippen molar-refractivity contribution in [2.24, 2.45) is 7.05 Å². The van der Waals surface area contributed by atoms with Gasteiger partial charge in [0.15, 0.2) is 10.1 Å². The quantitative estimate of drug-likeness (QED) is 0.257. The van der Waals surface area contributed by atoms with Crippen molar-refractivity contribution in [2.75, 3.05) is 38.2 Å². The third kappa shape index (κ3) is 6.08. The van der Waals surface area contributed by atoms with Gasteiger partial charge in [-0.3, -0.25) is 0 Å². The molecule has 0 N–H and O–H groups in total. The zero-order chi connectivity index (χ0) is 24.3. The van der Waals surface area contributed by atoms with Crippen molar-refractivity contribution in [3.8, 4) is 5.75 Å². The van der Waals surface area contributed by atoms with Crippen LogP contribution in [-0.2, 0) is 27.4 Å². The molecule has 0 bridgehead atoms. The zero-order valence-corrected chi connectivity index (χ0v) is 18.5. The fourth-order valence-corrected chi connectivity index (χ4v) is 4.14. The molecular weight excluding hydrogens is 484 g/mol. The molecule has 0 amide bonds. The Balaban J connectivity index is 0.000000390. The summed E-state index contributed by atoms with van der Waals surface area (Å²) in [6.07, 6.45) is 4.71. The van der Waals surface area contributed by atoms with Gasteiger partial charge in [0, 0.05) is 32.2 Å². The lowest BCUT2D eigenvalue weighted by Gasteiger charge is -2.34. The molecule has 3 rings (SSSR count). The van der Waals surface area contributed by atoms with Crippen LogP contribution in [0.2, 0.25) is 0 Å². The first kappa shape index (κ1) is 25.8. The summed E-state index contributed by atoms with van der Waals surface area (Å²) in [5, 5.41) is 0. The largest absolute Gasteiger partial charge is 0.741 e. The van der Waals surface area contributed by atoms with Gasteiger partial charge in [-0.15, -0.1) is 3.97 Å². The number of anilines is 1. The summed E-state index contributed by atoms with van der Waals surface area (Å²) in [4.78, 5) is 2.00. The van der Waals surface area contributed by atoms with Gasteiger partial charge in [-0.1, -0.05) is 0 Å². The Hall–Kier alpha value is -2.43. The lowest BCUT2D eigenvalue weighted by atomic mass is 10.2. The molecule has 0 radical (unpaired) electrons. The molecule has 16 heteroatoms. The number of halogens is 4. The summed E-state index contributed by atoms with van der Waals surface area (Å²) < 4.78 is 107. The second kappa shape index (κ2) is 9.60. The average molecular weight is 504 g/mol. The standard InChI is InChI=1S/C15H20FN4O3S.CHF3O3S/c1-17-5-8-20(12-17)24(21,22)19-9-6-18(7-10-19)14-4-3-13(16)11-15(14)23-2;2-1(3,4)8(5,6)7/h3-5,8,11-12H,6-7,9-10H2,1-2H3;(H,5,6,7)/q+1;/p-1. The summed E-state index contributed by atoms with van der Waals surface area (Å²) in [5.41, 5.74) is -4.88. The van der Waals surface area contributed by atoms with Crippen molar-refractivity contribution < 1.29 is 48.3 Å². The van der Waals surface area contributed by atoms with E-state index in [9.17, 15) is 26.0 Å². The fourth-order valence-electron chi connectivity index (χ4n) is 2.77. The van der Waals surface area contributed by atoms with Crippen LogP contribution in [0.4, 0.5) is 23.2 Å². The molecule has 2 heterocycles. The number of piperazine rings is 1. The molecule has 0 unspecified atom stereocenters. The number of imidazole rings is 1. The molecule has 1 aromatic heterocycles. The van der Waals surface area contributed by atoms with E-state index in [1.54, 1.807) is 23.9 Å². The maximum absolute atomic E-state index is 13.3. The second-order valence-corrected chi connectivity index (χ2v) is 9.72. The van der Waals surface area contributed by atoms with Crippen LogP contribution < -0.4 is 14.2 Å². The SMILES string of the molecule is COc1cc(F)ccc1N1CCN(S(=O)(=O)n2cc[n+](C)c2)CC1.O=S(=O)([O-])C(F)(F)F. The molecule has 0 atom stereocenters. The van der Waals surface area contributed by atoms with E-state index >= 15 is 0 Å². The predicted molar refractivity (Wildman–Crippen MR) is 102 cm³/mol. The van der Waals surface area contributed by atoms with Gasteiger partial charge < -0.3 is 14.2 Å². The minimum Gasteiger partial charge on any atom is -0.741 e. The van der Waals surface area contributed by atoms with Crippen molar-refractivity contribution in [3.05, 3.63) is 42.7 Å². The number of alkyl halides is 3.